The molecule has 1 atom stereocenters. The first-order valence-electron chi connectivity index (χ1n) is 7.50. The lowest BCUT2D eigenvalue weighted by Crippen LogP contribution is -2.30. The van der Waals surface area contributed by atoms with Gasteiger partial charge in [0.2, 0.25) is 0 Å². The zero-order valence-electron chi connectivity index (χ0n) is 12.9. The highest BCUT2D eigenvalue weighted by atomic mass is 15.2. The summed E-state index contributed by atoms with van der Waals surface area (Å²) in [6, 6.07) is 11.8. The number of fused-ring (bicyclic) bond motifs is 1. The fourth-order valence-electron chi connectivity index (χ4n) is 2.92. The molecule has 0 fully saturated rings. The van der Waals surface area contributed by atoms with Crippen molar-refractivity contribution in [1.82, 2.24) is 0 Å². The topological polar surface area (TPSA) is 74.6 Å². The lowest BCUT2D eigenvalue weighted by molar-refractivity contribution is 0.641. The summed E-state index contributed by atoms with van der Waals surface area (Å²) in [5.74, 6) is 0. The van der Waals surface area contributed by atoms with Crippen molar-refractivity contribution < 1.29 is 0 Å². The molecule has 0 aromatic heterocycles. The van der Waals surface area contributed by atoms with E-state index in [1.165, 1.54) is 11.3 Å². The molecule has 0 saturated carbocycles. The molecule has 22 heavy (non-hydrogen) atoms. The summed E-state index contributed by atoms with van der Waals surface area (Å²) in [4.78, 5) is 2.40. The molecule has 1 aromatic rings. The lowest BCUT2D eigenvalue weighted by atomic mass is 9.99. The molecule has 4 heteroatoms. The number of hydrogen-bond donors (Lipinski definition) is 0. The van der Waals surface area contributed by atoms with E-state index in [0.29, 0.717) is 11.6 Å². The van der Waals surface area contributed by atoms with Gasteiger partial charge in [-0.2, -0.15) is 15.8 Å². The molecule has 0 aliphatic carbocycles. The smallest absolute Gasteiger partial charge is 0.148 e. The average Bonchev–Trinajstić information content (AvgIpc) is 2.84. The summed E-state index contributed by atoms with van der Waals surface area (Å²) in [5, 5.41) is 27.2. The van der Waals surface area contributed by atoms with Gasteiger partial charge in [0.15, 0.2) is 0 Å². The highest BCUT2D eigenvalue weighted by molar-refractivity contribution is 5.85. The number of anilines is 1. The number of hydrogen-bond acceptors (Lipinski definition) is 4. The van der Waals surface area contributed by atoms with Gasteiger partial charge in [-0.05, 0) is 43.0 Å². The highest BCUT2D eigenvalue weighted by Crippen LogP contribution is 2.34. The Morgan fingerprint density at radius 2 is 1.95 bits per heavy atom. The molecule has 0 bridgehead atoms. The van der Waals surface area contributed by atoms with Crippen LogP contribution >= 0.6 is 0 Å². The number of unbranched alkanes of at least 4 members (excludes halogenated alkanes) is 1. The lowest BCUT2D eigenvalue weighted by Gasteiger charge is -2.24. The first kappa shape index (κ1) is 15.6. The van der Waals surface area contributed by atoms with Crippen molar-refractivity contribution in [2.75, 3.05) is 11.4 Å². The standard InChI is InChI=1S/C18H18N4/c1-3-4-7-22-13(2)8-15-9-14(5-6-18(15)22)17(12-21)16(10-19)11-20/h5-6,9,13H,3-4,7-8H2,1-2H3. The van der Waals surface area contributed by atoms with Crippen molar-refractivity contribution in [3.8, 4) is 18.2 Å². The average molecular weight is 290 g/mol. The van der Waals surface area contributed by atoms with Gasteiger partial charge in [-0.25, -0.2) is 0 Å². The predicted molar refractivity (Wildman–Crippen MR) is 85.6 cm³/mol. The van der Waals surface area contributed by atoms with Gasteiger partial charge in [0.1, 0.15) is 23.8 Å². The summed E-state index contributed by atoms with van der Waals surface area (Å²) in [7, 11) is 0. The van der Waals surface area contributed by atoms with Gasteiger partial charge in [0.05, 0.1) is 5.57 Å². The maximum Gasteiger partial charge on any atom is 0.148 e. The Labute approximate surface area is 131 Å². The summed E-state index contributed by atoms with van der Waals surface area (Å²) in [6.07, 6.45) is 3.24. The first-order chi connectivity index (χ1) is 10.7. The van der Waals surface area contributed by atoms with E-state index < -0.39 is 0 Å². The Kier molecular flexibility index (Phi) is 4.82. The summed E-state index contributed by atoms with van der Waals surface area (Å²) in [5.41, 5.74) is 3.08. The molecule has 1 heterocycles. The van der Waals surface area contributed by atoms with E-state index in [4.69, 9.17) is 10.5 Å². The van der Waals surface area contributed by atoms with Crippen molar-refractivity contribution in [1.29, 1.82) is 15.8 Å². The maximum atomic E-state index is 9.26. The number of rotatable bonds is 4. The van der Waals surface area contributed by atoms with Gasteiger partial charge in [-0.15, -0.1) is 0 Å². The number of nitrogens with zero attached hydrogens (tertiary/aromatic N) is 4. The third-order valence-corrected chi connectivity index (χ3v) is 4.06. The van der Waals surface area contributed by atoms with Crippen LogP contribution < -0.4 is 4.90 Å². The molecule has 2 rings (SSSR count). The Balaban J connectivity index is 2.42. The van der Waals surface area contributed by atoms with E-state index in [9.17, 15) is 5.26 Å². The number of nitriles is 3. The second-order valence-corrected chi connectivity index (χ2v) is 5.53. The van der Waals surface area contributed by atoms with Gasteiger partial charge < -0.3 is 4.90 Å². The first-order valence-corrected chi connectivity index (χ1v) is 7.50. The molecule has 1 unspecified atom stereocenters. The summed E-state index contributed by atoms with van der Waals surface area (Å²) < 4.78 is 0. The molecule has 1 aliphatic rings. The van der Waals surface area contributed by atoms with Gasteiger partial charge >= 0.3 is 0 Å². The Bertz CT molecular complexity index is 709. The third-order valence-electron chi connectivity index (χ3n) is 4.06. The van der Waals surface area contributed by atoms with Gasteiger partial charge in [-0.1, -0.05) is 19.4 Å². The van der Waals surface area contributed by atoms with Crippen molar-refractivity contribution in [2.45, 2.75) is 39.2 Å². The molecular formula is C18H18N4. The van der Waals surface area contributed by atoms with Crippen LogP contribution in [0, 0.1) is 34.0 Å². The van der Waals surface area contributed by atoms with Crippen LogP contribution in [0.3, 0.4) is 0 Å². The molecule has 1 aliphatic heterocycles. The largest absolute Gasteiger partial charge is 0.368 e. The minimum absolute atomic E-state index is 0.128. The van der Waals surface area contributed by atoms with Crippen LogP contribution in [0.25, 0.3) is 5.57 Å². The van der Waals surface area contributed by atoms with Crippen LogP contribution in [-0.4, -0.2) is 12.6 Å². The Morgan fingerprint density at radius 3 is 2.55 bits per heavy atom. The van der Waals surface area contributed by atoms with E-state index in [1.54, 1.807) is 12.1 Å². The SMILES string of the molecule is CCCCN1c2ccc(C(C#N)=C(C#N)C#N)cc2CC1C. The van der Waals surface area contributed by atoms with Crippen molar-refractivity contribution in [3.05, 3.63) is 34.9 Å². The van der Waals surface area contributed by atoms with Crippen LogP contribution in [0.1, 0.15) is 37.8 Å². The summed E-state index contributed by atoms with van der Waals surface area (Å²) in [6.45, 7) is 5.42. The minimum Gasteiger partial charge on any atom is -0.368 e. The van der Waals surface area contributed by atoms with Crippen molar-refractivity contribution >= 4 is 11.3 Å². The molecule has 0 N–H and O–H groups in total. The second kappa shape index (κ2) is 6.79. The van der Waals surface area contributed by atoms with E-state index in [-0.39, 0.29) is 11.1 Å². The fraction of sp³-hybridized carbons (Fsp3) is 0.389. The quantitative estimate of drug-likeness (QED) is 0.794. The molecule has 1 aromatic carbocycles. The number of allylic oxidation sites excluding steroid dienone is 2. The van der Waals surface area contributed by atoms with E-state index >= 15 is 0 Å². The zero-order valence-corrected chi connectivity index (χ0v) is 12.9. The van der Waals surface area contributed by atoms with E-state index in [1.807, 2.05) is 24.3 Å². The van der Waals surface area contributed by atoms with Crippen molar-refractivity contribution in [2.24, 2.45) is 0 Å². The van der Waals surface area contributed by atoms with Gasteiger partial charge in [0.25, 0.3) is 0 Å². The monoisotopic (exact) mass is 290 g/mol. The van der Waals surface area contributed by atoms with Gasteiger partial charge in [0, 0.05) is 18.3 Å². The van der Waals surface area contributed by atoms with Crippen LogP contribution in [0.5, 0.6) is 0 Å². The van der Waals surface area contributed by atoms with E-state index in [2.05, 4.69) is 18.7 Å². The molecule has 0 spiro atoms. The molecule has 110 valence electrons. The van der Waals surface area contributed by atoms with E-state index in [0.717, 1.165) is 25.8 Å². The van der Waals surface area contributed by atoms with Crippen LogP contribution in [0.4, 0.5) is 5.69 Å². The molecule has 0 saturated heterocycles. The zero-order chi connectivity index (χ0) is 16.1. The molecule has 4 nitrogen and oxygen atoms in total. The molecule has 0 radical (unpaired) electrons. The van der Waals surface area contributed by atoms with Crippen LogP contribution in [-0.2, 0) is 6.42 Å². The fourth-order valence-corrected chi connectivity index (χ4v) is 2.92. The third kappa shape index (κ3) is 2.80. The van der Waals surface area contributed by atoms with Gasteiger partial charge in [-0.3, -0.25) is 0 Å². The molecule has 0 amide bonds. The molecular weight excluding hydrogens is 272 g/mol. The van der Waals surface area contributed by atoms with Crippen LogP contribution in [0.2, 0.25) is 0 Å². The second-order valence-electron chi connectivity index (χ2n) is 5.53. The predicted octanol–water partition coefficient (Wildman–Crippen LogP) is 3.56. The van der Waals surface area contributed by atoms with Crippen LogP contribution in [0.15, 0.2) is 23.8 Å². The minimum atomic E-state index is -0.128. The summed E-state index contributed by atoms with van der Waals surface area (Å²) >= 11 is 0. The maximum absolute atomic E-state index is 9.26. The number of benzene rings is 1. The Hall–Kier alpha value is -2.77. The Morgan fingerprint density at radius 1 is 1.23 bits per heavy atom. The normalized spacial score (nSPS) is 15.4. The van der Waals surface area contributed by atoms with Crippen molar-refractivity contribution in [3.63, 3.8) is 0 Å². The highest BCUT2D eigenvalue weighted by Gasteiger charge is 2.26.